The molecule has 0 bridgehead atoms. The molecule has 0 aliphatic heterocycles. The molecule has 0 saturated heterocycles. The van der Waals surface area contributed by atoms with E-state index in [2.05, 4.69) is 15.5 Å². The van der Waals surface area contributed by atoms with Crippen LogP contribution in [0.5, 0.6) is 0 Å². The number of hydrogen-bond donors (Lipinski definition) is 1. The molecule has 2 aromatic rings. The first kappa shape index (κ1) is 15.7. The number of aryl methyl sites for hydroxylation is 3. The highest BCUT2D eigenvalue weighted by Crippen LogP contribution is 2.30. The second kappa shape index (κ2) is 6.63. The Hall–Kier alpha value is -1.76. The van der Waals surface area contributed by atoms with Crippen LogP contribution in [-0.4, -0.2) is 26.0 Å². The predicted octanol–water partition coefficient (Wildman–Crippen LogP) is 2.88. The van der Waals surface area contributed by atoms with Crippen molar-refractivity contribution in [2.45, 2.75) is 70.4 Å². The van der Waals surface area contributed by atoms with Crippen LogP contribution in [0.3, 0.4) is 0 Å². The topological polar surface area (TPSA) is 72.7 Å². The monoisotopic (exact) mass is 345 g/mol. The first-order chi connectivity index (χ1) is 11.7. The van der Waals surface area contributed by atoms with E-state index in [1.165, 1.54) is 18.4 Å². The Balaban J connectivity index is 1.43. The number of fused-ring (bicyclic) bond motifs is 1. The van der Waals surface area contributed by atoms with E-state index < -0.39 is 0 Å². The van der Waals surface area contributed by atoms with Gasteiger partial charge < -0.3 is 5.32 Å². The molecule has 7 heteroatoms. The van der Waals surface area contributed by atoms with Crippen LogP contribution in [0, 0.1) is 6.92 Å². The van der Waals surface area contributed by atoms with Crippen molar-refractivity contribution < 1.29 is 0 Å². The lowest BCUT2D eigenvalue weighted by molar-refractivity contribution is 0.300. The van der Waals surface area contributed by atoms with Crippen molar-refractivity contribution in [1.82, 2.24) is 20.0 Å². The van der Waals surface area contributed by atoms with E-state index in [4.69, 9.17) is 5.10 Å². The standard InChI is InChI=1S/C17H23N5OS/c1-11-19-20-17(24-11)18-13-6-8-14(9-7-13)22-16(23)10-12-4-2-3-5-15(12)21-22/h10,13-14H,2-9H2,1H3,(H,18,20). The molecule has 2 aromatic heterocycles. The second-order valence-corrected chi connectivity index (χ2v) is 8.06. The van der Waals surface area contributed by atoms with Crippen LogP contribution in [0.25, 0.3) is 0 Å². The Morgan fingerprint density at radius 2 is 1.96 bits per heavy atom. The van der Waals surface area contributed by atoms with Crippen molar-refractivity contribution >= 4 is 16.5 Å². The summed E-state index contributed by atoms with van der Waals surface area (Å²) in [6.07, 6.45) is 8.45. The maximum absolute atomic E-state index is 12.4. The summed E-state index contributed by atoms with van der Waals surface area (Å²) in [6, 6.07) is 2.48. The fraction of sp³-hybridized carbons (Fsp3) is 0.647. The molecule has 0 unspecified atom stereocenters. The normalized spacial score (nSPS) is 23.7. The molecule has 0 spiro atoms. The van der Waals surface area contributed by atoms with Crippen molar-refractivity contribution in [2.75, 3.05) is 5.32 Å². The van der Waals surface area contributed by atoms with Crippen molar-refractivity contribution in [3.05, 3.63) is 32.7 Å². The lowest BCUT2D eigenvalue weighted by Gasteiger charge is -2.30. The number of aromatic nitrogens is 4. The summed E-state index contributed by atoms with van der Waals surface area (Å²) in [7, 11) is 0. The Bertz CT molecular complexity index is 776. The zero-order valence-corrected chi connectivity index (χ0v) is 14.8. The highest BCUT2D eigenvalue weighted by molar-refractivity contribution is 7.15. The van der Waals surface area contributed by atoms with Gasteiger partial charge in [-0.3, -0.25) is 4.79 Å². The number of nitrogens with zero attached hydrogens (tertiary/aromatic N) is 4. The fourth-order valence-corrected chi connectivity index (χ4v) is 4.50. The summed E-state index contributed by atoms with van der Waals surface area (Å²) in [5, 5.41) is 18.3. The summed E-state index contributed by atoms with van der Waals surface area (Å²) < 4.78 is 1.76. The van der Waals surface area contributed by atoms with Crippen LogP contribution in [0.15, 0.2) is 10.9 Å². The summed E-state index contributed by atoms with van der Waals surface area (Å²) in [5.74, 6) is 0. The predicted molar refractivity (Wildman–Crippen MR) is 94.7 cm³/mol. The minimum atomic E-state index is 0.0757. The zero-order valence-electron chi connectivity index (χ0n) is 14.0. The first-order valence-corrected chi connectivity index (χ1v) is 9.69. The number of hydrogen-bond acceptors (Lipinski definition) is 6. The number of anilines is 1. The molecular weight excluding hydrogens is 322 g/mol. The molecule has 128 valence electrons. The van der Waals surface area contributed by atoms with E-state index in [-0.39, 0.29) is 11.6 Å². The van der Waals surface area contributed by atoms with Crippen LogP contribution >= 0.6 is 11.3 Å². The SMILES string of the molecule is Cc1nnc(NC2CCC(n3nc4c(cc3=O)CCCC4)CC2)s1. The van der Waals surface area contributed by atoms with Crippen LogP contribution < -0.4 is 10.9 Å². The van der Waals surface area contributed by atoms with E-state index in [0.29, 0.717) is 6.04 Å². The lowest BCUT2D eigenvalue weighted by atomic mass is 9.91. The molecule has 1 fully saturated rings. The van der Waals surface area contributed by atoms with Gasteiger partial charge in [-0.15, -0.1) is 10.2 Å². The van der Waals surface area contributed by atoms with Crippen LogP contribution in [0.2, 0.25) is 0 Å². The van der Waals surface area contributed by atoms with Crippen molar-refractivity contribution in [1.29, 1.82) is 0 Å². The van der Waals surface area contributed by atoms with Gasteiger partial charge in [-0.2, -0.15) is 5.10 Å². The van der Waals surface area contributed by atoms with E-state index in [1.807, 2.05) is 13.0 Å². The van der Waals surface area contributed by atoms with Gasteiger partial charge in [-0.1, -0.05) is 11.3 Å². The first-order valence-electron chi connectivity index (χ1n) is 8.87. The molecule has 2 heterocycles. The maximum atomic E-state index is 12.4. The Labute approximate surface area is 145 Å². The lowest BCUT2D eigenvalue weighted by Crippen LogP contribution is -2.34. The molecule has 0 atom stereocenters. The van der Waals surface area contributed by atoms with E-state index in [9.17, 15) is 4.79 Å². The average molecular weight is 345 g/mol. The van der Waals surface area contributed by atoms with Gasteiger partial charge in [-0.25, -0.2) is 4.68 Å². The molecule has 1 N–H and O–H groups in total. The Kier molecular flexibility index (Phi) is 4.35. The van der Waals surface area contributed by atoms with Crippen LogP contribution in [-0.2, 0) is 12.8 Å². The van der Waals surface area contributed by atoms with E-state index >= 15 is 0 Å². The minimum Gasteiger partial charge on any atom is -0.357 e. The molecule has 24 heavy (non-hydrogen) atoms. The summed E-state index contributed by atoms with van der Waals surface area (Å²) in [5.41, 5.74) is 2.39. The van der Waals surface area contributed by atoms with E-state index in [1.54, 1.807) is 16.0 Å². The third-order valence-electron chi connectivity index (χ3n) is 5.13. The molecule has 0 aromatic carbocycles. The second-order valence-electron chi connectivity index (χ2n) is 6.88. The molecule has 2 aliphatic rings. The van der Waals surface area contributed by atoms with Gasteiger partial charge in [0.25, 0.3) is 5.56 Å². The van der Waals surface area contributed by atoms with Crippen molar-refractivity contribution in [3.63, 3.8) is 0 Å². The van der Waals surface area contributed by atoms with Gasteiger partial charge in [0.1, 0.15) is 5.01 Å². The van der Waals surface area contributed by atoms with Crippen molar-refractivity contribution in [2.24, 2.45) is 0 Å². The van der Waals surface area contributed by atoms with Gasteiger partial charge in [0.15, 0.2) is 0 Å². The molecule has 4 rings (SSSR count). The Morgan fingerprint density at radius 1 is 1.17 bits per heavy atom. The quantitative estimate of drug-likeness (QED) is 0.926. The third-order valence-corrected chi connectivity index (χ3v) is 5.90. The molecule has 6 nitrogen and oxygen atoms in total. The molecule has 0 radical (unpaired) electrons. The molecular formula is C17H23N5OS. The smallest absolute Gasteiger partial charge is 0.267 e. The van der Waals surface area contributed by atoms with Gasteiger partial charge in [0.2, 0.25) is 5.13 Å². The van der Waals surface area contributed by atoms with E-state index in [0.717, 1.165) is 54.4 Å². The summed E-state index contributed by atoms with van der Waals surface area (Å²) in [4.78, 5) is 12.4. The Morgan fingerprint density at radius 3 is 2.71 bits per heavy atom. The van der Waals surface area contributed by atoms with Gasteiger partial charge in [0.05, 0.1) is 11.7 Å². The van der Waals surface area contributed by atoms with Gasteiger partial charge in [0, 0.05) is 12.1 Å². The molecule has 2 aliphatic carbocycles. The largest absolute Gasteiger partial charge is 0.357 e. The number of rotatable bonds is 3. The van der Waals surface area contributed by atoms with Crippen LogP contribution in [0.4, 0.5) is 5.13 Å². The van der Waals surface area contributed by atoms with Gasteiger partial charge >= 0.3 is 0 Å². The molecule has 1 saturated carbocycles. The van der Waals surface area contributed by atoms with Crippen LogP contribution in [0.1, 0.15) is 60.8 Å². The summed E-state index contributed by atoms with van der Waals surface area (Å²) in [6.45, 7) is 1.97. The van der Waals surface area contributed by atoms with Gasteiger partial charge in [-0.05, 0) is 63.9 Å². The molecule has 0 amide bonds. The highest BCUT2D eigenvalue weighted by atomic mass is 32.1. The minimum absolute atomic E-state index is 0.0757. The van der Waals surface area contributed by atoms with Crippen molar-refractivity contribution in [3.8, 4) is 0 Å². The maximum Gasteiger partial charge on any atom is 0.267 e. The fourth-order valence-electron chi connectivity index (χ4n) is 3.83. The average Bonchev–Trinajstić information content (AvgIpc) is 3.00. The summed E-state index contributed by atoms with van der Waals surface area (Å²) >= 11 is 1.60. The third kappa shape index (κ3) is 3.22. The number of nitrogens with one attached hydrogen (secondary N) is 1. The highest BCUT2D eigenvalue weighted by Gasteiger charge is 2.25. The zero-order chi connectivity index (χ0) is 16.5.